The maximum atomic E-state index is 5.37. The van der Waals surface area contributed by atoms with Crippen molar-refractivity contribution >= 4 is 22.5 Å². The first kappa shape index (κ1) is 14.5. The number of nitrogens with zero attached hydrogens (tertiary/aromatic N) is 2. The molecule has 1 N–H and O–H groups in total. The van der Waals surface area contributed by atoms with Crippen molar-refractivity contribution < 1.29 is 4.74 Å². The Bertz CT molecular complexity index is 411. The van der Waals surface area contributed by atoms with E-state index in [1.54, 1.807) is 11.3 Å². The van der Waals surface area contributed by atoms with Crippen LogP contribution in [0.15, 0.2) is 6.08 Å². The maximum absolute atomic E-state index is 5.37. The Morgan fingerprint density at radius 2 is 2.21 bits per heavy atom. The molecule has 1 aliphatic rings. The highest BCUT2D eigenvalue weighted by atomic mass is 32.1. The monoisotopic (exact) mass is 281 g/mol. The standard InChI is InChI=1S/C14H23N3OS/c1-3-6-15-7-4-5-13-12(2)16-14(19-13)17-8-10-18-11-9-17/h4-5,15H,3,6-11H2,1-2H3. The number of hydrogen-bond donors (Lipinski definition) is 1. The molecule has 0 aliphatic carbocycles. The van der Waals surface area contributed by atoms with Crippen LogP contribution in [0, 0.1) is 6.92 Å². The van der Waals surface area contributed by atoms with Crippen molar-refractivity contribution in [3.05, 3.63) is 16.6 Å². The number of ether oxygens (including phenoxy) is 1. The van der Waals surface area contributed by atoms with Gasteiger partial charge in [0.25, 0.3) is 0 Å². The minimum Gasteiger partial charge on any atom is -0.378 e. The predicted octanol–water partition coefficient (Wildman–Crippen LogP) is 2.30. The molecule has 0 saturated carbocycles. The van der Waals surface area contributed by atoms with Crippen LogP contribution in [0.2, 0.25) is 0 Å². The molecule has 4 nitrogen and oxygen atoms in total. The Morgan fingerprint density at radius 3 is 2.95 bits per heavy atom. The summed E-state index contributed by atoms with van der Waals surface area (Å²) in [6, 6.07) is 0. The second kappa shape index (κ2) is 7.62. The van der Waals surface area contributed by atoms with Crippen molar-refractivity contribution in [1.29, 1.82) is 0 Å². The summed E-state index contributed by atoms with van der Waals surface area (Å²) in [5.74, 6) is 0. The van der Waals surface area contributed by atoms with Crippen LogP contribution >= 0.6 is 11.3 Å². The Labute approximate surface area is 119 Å². The second-order valence-electron chi connectivity index (χ2n) is 4.65. The Balaban J connectivity index is 1.92. The molecule has 0 unspecified atom stereocenters. The molecule has 1 aromatic rings. The van der Waals surface area contributed by atoms with Gasteiger partial charge < -0.3 is 15.0 Å². The van der Waals surface area contributed by atoms with Crippen molar-refractivity contribution in [1.82, 2.24) is 10.3 Å². The second-order valence-corrected chi connectivity index (χ2v) is 5.66. The fraction of sp³-hybridized carbons (Fsp3) is 0.643. The number of nitrogens with one attached hydrogen (secondary N) is 1. The number of thiazole rings is 1. The van der Waals surface area contributed by atoms with Gasteiger partial charge in [0.05, 0.1) is 23.8 Å². The summed E-state index contributed by atoms with van der Waals surface area (Å²) in [4.78, 5) is 8.24. The van der Waals surface area contributed by atoms with E-state index in [1.165, 1.54) is 11.3 Å². The molecule has 0 bridgehead atoms. The van der Waals surface area contributed by atoms with Gasteiger partial charge >= 0.3 is 0 Å². The molecule has 1 fully saturated rings. The van der Waals surface area contributed by atoms with Gasteiger partial charge in [0, 0.05) is 19.6 Å². The van der Waals surface area contributed by atoms with Crippen molar-refractivity contribution in [3.8, 4) is 0 Å². The zero-order valence-electron chi connectivity index (χ0n) is 11.8. The van der Waals surface area contributed by atoms with Gasteiger partial charge in [0.1, 0.15) is 0 Å². The van der Waals surface area contributed by atoms with Gasteiger partial charge in [-0.15, -0.1) is 0 Å². The zero-order valence-corrected chi connectivity index (χ0v) is 12.6. The van der Waals surface area contributed by atoms with Crippen molar-refractivity contribution in [2.45, 2.75) is 20.3 Å². The summed E-state index contributed by atoms with van der Waals surface area (Å²) in [6.45, 7) is 9.79. The lowest BCUT2D eigenvalue weighted by molar-refractivity contribution is 0.122. The van der Waals surface area contributed by atoms with Gasteiger partial charge in [-0.3, -0.25) is 0 Å². The van der Waals surface area contributed by atoms with Crippen molar-refractivity contribution in [3.63, 3.8) is 0 Å². The molecule has 1 aliphatic heterocycles. The summed E-state index contributed by atoms with van der Waals surface area (Å²) >= 11 is 1.77. The first-order valence-electron chi connectivity index (χ1n) is 6.98. The average molecular weight is 281 g/mol. The lowest BCUT2D eigenvalue weighted by Crippen LogP contribution is -2.36. The predicted molar refractivity (Wildman–Crippen MR) is 82.1 cm³/mol. The summed E-state index contributed by atoms with van der Waals surface area (Å²) in [7, 11) is 0. The van der Waals surface area contributed by atoms with E-state index in [2.05, 4.69) is 41.2 Å². The lowest BCUT2D eigenvalue weighted by atomic mass is 10.3. The summed E-state index contributed by atoms with van der Waals surface area (Å²) in [5.41, 5.74) is 1.12. The minimum atomic E-state index is 0.810. The van der Waals surface area contributed by atoms with Crippen LogP contribution in [0.1, 0.15) is 23.9 Å². The van der Waals surface area contributed by atoms with E-state index in [4.69, 9.17) is 4.74 Å². The van der Waals surface area contributed by atoms with E-state index in [-0.39, 0.29) is 0 Å². The summed E-state index contributed by atoms with van der Waals surface area (Å²) in [6.07, 6.45) is 5.54. The van der Waals surface area contributed by atoms with Gasteiger partial charge in [0.15, 0.2) is 5.13 Å². The Hall–Kier alpha value is -0.910. The van der Waals surface area contributed by atoms with Crippen LogP contribution in [0.25, 0.3) is 6.08 Å². The van der Waals surface area contributed by atoms with Crippen molar-refractivity contribution in [2.75, 3.05) is 44.3 Å². The molecule has 2 rings (SSSR count). The van der Waals surface area contributed by atoms with Crippen LogP contribution in [0.3, 0.4) is 0 Å². The van der Waals surface area contributed by atoms with Gasteiger partial charge in [-0.1, -0.05) is 24.3 Å². The Kier molecular flexibility index (Phi) is 5.82. The molecule has 19 heavy (non-hydrogen) atoms. The minimum absolute atomic E-state index is 0.810. The third kappa shape index (κ3) is 4.30. The van der Waals surface area contributed by atoms with Crippen LogP contribution in [0.4, 0.5) is 5.13 Å². The van der Waals surface area contributed by atoms with E-state index in [1.807, 2.05) is 0 Å². The first-order valence-corrected chi connectivity index (χ1v) is 7.80. The largest absolute Gasteiger partial charge is 0.378 e. The highest BCUT2D eigenvalue weighted by molar-refractivity contribution is 7.16. The molecule has 1 saturated heterocycles. The summed E-state index contributed by atoms with van der Waals surface area (Å²) < 4.78 is 5.37. The van der Waals surface area contributed by atoms with Gasteiger partial charge in [-0.05, 0) is 26.0 Å². The van der Waals surface area contributed by atoms with Gasteiger partial charge in [0.2, 0.25) is 0 Å². The van der Waals surface area contributed by atoms with Gasteiger partial charge in [-0.2, -0.15) is 0 Å². The highest BCUT2D eigenvalue weighted by Gasteiger charge is 2.15. The van der Waals surface area contributed by atoms with E-state index in [0.29, 0.717) is 0 Å². The molecule has 0 amide bonds. The molecule has 5 heteroatoms. The first-order chi connectivity index (χ1) is 9.31. The maximum Gasteiger partial charge on any atom is 0.186 e. The third-order valence-electron chi connectivity index (χ3n) is 3.06. The molecule has 0 atom stereocenters. The van der Waals surface area contributed by atoms with Crippen LogP contribution in [0.5, 0.6) is 0 Å². The number of rotatable bonds is 6. The number of aryl methyl sites for hydroxylation is 1. The zero-order chi connectivity index (χ0) is 13.5. The van der Waals surface area contributed by atoms with E-state index in [9.17, 15) is 0 Å². The third-order valence-corrected chi connectivity index (χ3v) is 4.24. The highest BCUT2D eigenvalue weighted by Crippen LogP contribution is 2.27. The smallest absolute Gasteiger partial charge is 0.186 e. The molecule has 0 aromatic carbocycles. The average Bonchev–Trinajstić information content (AvgIpc) is 2.81. The Morgan fingerprint density at radius 1 is 1.42 bits per heavy atom. The molecule has 1 aromatic heterocycles. The quantitative estimate of drug-likeness (QED) is 0.812. The van der Waals surface area contributed by atoms with Gasteiger partial charge in [-0.25, -0.2) is 4.98 Å². The molecule has 2 heterocycles. The number of morpholine rings is 1. The van der Waals surface area contributed by atoms with Crippen LogP contribution in [-0.4, -0.2) is 44.4 Å². The molecule has 106 valence electrons. The fourth-order valence-electron chi connectivity index (χ4n) is 1.97. The van der Waals surface area contributed by atoms with E-state index >= 15 is 0 Å². The molecule has 0 spiro atoms. The number of hydrogen-bond acceptors (Lipinski definition) is 5. The van der Waals surface area contributed by atoms with Crippen LogP contribution < -0.4 is 10.2 Å². The van der Waals surface area contributed by atoms with E-state index in [0.717, 1.165) is 50.2 Å². The van der Waals surface area contributed by atoms with E-state index < -0.39 is 0 Å². The number of aromatic nitrogens is 1. The lowest BCUT2D eigenvalue weighted by Gasteiger charge is -2.25. The number of anilines is 1. The molecule has 0 radical (unpaired) electrons. The normalized spacial score (nSPS) is 16.4. The SMILES string of the molecule is CCCNCC=Cc1sc(N2CCOCC2)nc1C. The summed E-state index contributed by atoms with van der Waals surface area (Å²) in [5, 5.41) is 4.49. The van der Waals surface area contributed by atoms with Crippen LogP contribution in [-0.2, 0) is 4.74 Å². The molecular weight excluding hydrogens is 258 g/mol. The van der Waals surface area contributed by atoms with Crippen molar-refractivity contribution in [2.24, 2.45) is 0 Å². The fourth-order valence-corrected chi connectivity index (χ4v) is 3.01. The molecular formula is C14H23N3OS. The topological polar surface area (TPSA) is 37.4 Å².